The predicted molar refractivity (Wildman–Crippen MR) is 38.5 cm³/mol. The van der Waals surface area contributed by atoms with Crippen LogP contribution in [0.4, 0.5) is 14.9 Å². The molecule has 11 heavy (non-hydrogen) atoms. The van der Waals surface area contributed by atoms with Crippen LogP contribution in [0.3, 0.4) is 0 Å². The van der Waals surface area contributed by atoms with Crippen molar-refractivity contribution in [2.24, 2.45) is 0 Å². The molecule has 2 N–H and O–H groups in total. The van der Waals surface area contributed by atoms with Gasteiger partial charge in [0.25, 0.3) is 0 Å². The van der Waals surface area contributed by atoms with Gasteiger partial charge >= 0.3 is 6.03 Å². The lowest BCUT2D eigenvalue weighted by Crippen LogP contribution is -2.08. The molecule has 1 aromatic rings. The van der Waals surface area contributed by atoms with Crippen molar-refractivity contribution < 1.29 is 9.18 Å². The first kappa shape index (κ1) is 7.53. The van der Waals surface area contributed by atoms with Gasteiger partial charge < -0.3 is 5.32 Å². The average molecular weight is 153 g/mol. The number of halogens is 1. The fourth-order valence-electron chi connectivity index (χ4n) is 0.664. The van der Waals surface area contributed by atoms with Crippen LogP contribution < -0.4 is 11.1 Å². The third-order valence-corrected chi connectivity index (χ3v) is 1.10. The Balaban J connectivity index is 2.74. The van der Waals surface area contributed by atoms with E-state index in [0.717, 1.165) is 0 Å². The summed E-state index contributed by atoms with van der Waals surface area (Å²) in [6.07, 6.45) is 0. The SMILES string of the molecule is [NH]C(=O)Nc1ccc(F)cc1. The van der Waals surface area contributed by atoms with Crippen molar-refractivity contribution in [1.82, 2.24) is 5.73 Å². The van der Waals surface area contributed by atoms with Gasteiger partial charge in [0.15, 0.2) is 0 Å². The van der Waals surface area contributed by atoms with Gasteiger partial charge in [0.2, 0.25) is 0 Å². The molecule has 0 saturated carbocycles. The molecule has 57 valence electrons. The van der Waals surface area contributed by atoms with E-state index < -0.39 is 6.03 Å². The first-order valence-corrected chi connectivity index (χ1v) is 2.96. The summed E-state index contributed by atoms with van der Waals surface area (Å²) in [6, 6.07) is 4.30. The van der Waals surface area contributed by atoms with E-state index in [1.54, 1.807) is 0 Å². The second-order valence-corrected chi connectivity index (χ2v) is 1.96. The van der Waals surface area contributed by atoms with Crippen LogP contribution in [0.5, 0.6) is 0 Å². The summed E-state index contributed by atoms with van der Waals surface area (Å²) in [4.78, 5) is 10.2. The second-order valence-electron chi connectivity index (χ2n) is 1.96. The largest absolute Gasteiger partial charge is 0.337 e. The van der Waals surface area contributed by atoms with Gasteiger partial charge in [-0.3, -0.25) is 0 Å². The number of nitrogens with one attached hydrogen (secondary N) is 2. The smallest absolute Gasteiger partial charge is 0.307 e. The van der Waals surface area contributed by atoms with Crippen molar-refractivity contribution in [1.29, 1.82) is 0 Å². The van der Waals surface area contributed by atoms with Gasteiger partial charge in [-0.2, -0.15) is 0 Å². The van der Waals surface area contributed by atoms with E-state index in [2.05, 4.69) is 5.32 Å². The fourth-order valence-corrected chi connectivity index (χ4v) is 0.664. The van der Waals surface area contributed by atoms with Gasteiger partial charge in [0.1, 0.15) is 5.82 Å². The maximum Gasteiger partial charge on any atom is 0.337 e. The van der Waals surface area contributed by atoms with E-state index in [1.165, 1.54) is 24.3 Å². The molecule has 3 nitrogen and oxygen atoms in total. The molecule has 0 aliphatic rings. The van der Waals surface area contributed by atoms with Gasteiger partial charge in [-0.1, -0.05) is 0 Å². The maximum atomic E-state index is 12.3. The summed E-state index contributed by atoms with van der Waals surface area (Å²) >= 11 is 0. The molecule has 1 radical (unpaired) electrons. The summed E-state index contributed by atoms with van der Waals surface area (Å²) in [5, 5.41) is 2.19. The Kier molecular flexibility index (Phi) is 2.06. The molecule has 0 spiro atoms. The zero-order chi connectivity index (χ0) is 8.27. The molecule has 0 unspecified atom stereocenters. The molecule has 0 aromatic heterocycles. The van der Waals surface area contributed by atoms with Crippen LogP contribution in [0.2, 0.25) is 0 Å². The summed E-state index contributed by atoms with van der Waals surface area (Å²) < 4.78 is 12.3. The Morgan fingerprint density at radius 1 is 1.36 bits per heavy atom. The molecule has 0 atom stereocenters. The minimum absolute atomic E-state index is 0.368. The molecule has 0 heterocycles. The van der Waals surface area contributed by atoms with Gasteiger partial charge in [-0.05, 0) is 24.3 Å². The minimum Gasteiger partial charge on any atom is -0.307 e. The molecule has 0 aliphatic carbocycles. The van der Waals surface area contributed by atoms with E-state index >= 15 is 0 Å². The van der Waals surface area contributed by atoms with Crippen LogP contribution in [0.25, 0.3) is 0 Å². The Morgan fingerprint density at radius 2 is 1.91 bits per heavy atom. The molecular formula is C7H6FN2O. The maximum absolute atomic E-state index is 12.3. The summed E-state index contributed by atoms with van der Waals surface area (Å²) in [5.41, 5.74) is 6.95. The molecule has 1 rings (SSSR count). The first-order chi connectivity index (χ1) is 5.18. The third kappa shape index (κ3) is 2.25. The number of hydrogen-bond acceptors (Lipinski definition) is 1. The highest BCUT2D eigenvalue weighted by Crippen LogP contribution is 2.07. The van der Waals surface area contributed by atoms with Gasteiger partial charge in [-0.25, -0.2) is 14.9 Å². The molecule has 0 fully saturated rings. The van der Waals surface area contributed by atoms with E-state index in [0.29, 0.717) is 5.69 Å². The van der Waals surface area contributed by atoms with E-state index in [9.17, 15) is 9.18 Å². The lowest BCUT2D eigenvalue weighted by molar-refractivity contribution is 0.258. The lowest BCUT2D eigenvalue weighted by atomic mass is 10.3. The minimum atomic E-state index is -0.906. The zero-order valence-electron chi connectivity index (χ0n) is 5.60. The Hall–Kier alpha value is -1.58. The van der Waals surface area contributed by atoms with Gasteiger partial charge in [0.05, 0.1) is 0 Å². The molecule has 0 aliphatic heterocycles. The number of urea groups is 1. The van der Waals surface area contributed by atoms with Gasteiger partial charge in [-0.15, -0.1) is 0 Å². The van der Waals surface area contributed by atoms with Crippen molar-refractivity contribution in [3.63, 3.8) is 0 Å². The van der Waals surface area contributed by atoms with Crippen LogP contribution in [0.1, 0.15) is 0 Å². The summed E-state index contributed by atoms with van der Waals surface area (Å²) in [7, 11) is 0. The van der Waals surface area contributed by atoms with Crippen LogP contribution >= 0.6 is 0 Å². The molecule has 0 bridgehead atoms. The number of anilines is 1. The highest BCUT2D eigenvalue weighted by atomic mass is 19.1. The highest BCUT2D eigenvalue weighted by molar-refractivity contribution is 5.86. The molecular weight excluding hydrogens is 147 g/mol. The van der Waals surface area contributed by atoms with Gasteiger partial charge in [0, 0.05) is 5.69 Å². The van der Waals surface area contributed by atoms with Crippen molar-refractivity contribution >= 4 is 11.7 Å². The molecule has 4 heteroatoms. The molecule has 2 amide bonds. The zero-order valence-corrected chi connectivity index (χ0v) is 5.60. The van der Waals surface area contributed by atoms with E-state index in [4.69, 9.17) is 5.73 Å². The van der Waals surface area contributed by atoms with Crippen molar-refractivity contribution in [2.75, 3.05) is 5.32 Å². The monoisotopic (exact) mass is 153 g/mol. The number of amides is 2. The van der Waals surface area contributed by atoms with E-state index in [-0.39, 0.29) is 5.82 Å². The standard InChI is InChI=1S/C7H6FN2O/c8-5-1-3-6(4-2-5)10-7(9)11/h1-4,9H,(H,10,11). The topological polar surface area (TPSA) is 52.9 Å². The second kappa shape index (κ2) is 3.01. The fraction of sp³-hybridized carbons (Fsp3) is 0. The quantitative estimate of drug-likeness (QED) is 0.655. The lowest BCUT2D eigenvalue weighted by Gasteiger charge is -1.98. The van der Waals surface area contributed by atoms with Crippen molar-refractivity contribution in [2.45, 2.75) is 0 Å². The molecule has 1 aromatic carbocycles. The van der Waals surface area contributed by atoms with Crippen LogP contribution in [0.15, 0.2) is 24.3 Å². The number of hydrogen-bond donors (Lipinski definition) is 1. The third-order valence-electron chi connectivity index (χ3n) is 1.10. The Morgan fingerprint density at radius 3 is 2.36 bits per heavy atom. The van der Waals surface area contributed by atoms with Crippen molar-refractivity contribution in [3.8, 4) is 0 Å². The summed E-state index contributed by atoms with van der Waals surface area (Å²) in [5.74, 6) is -0.368. The van der Waals surface area contributed by atoms with Crippen LogP contribution in [0, 0.1) is 5.82 Å². The number of benzene rings is 1. The first-order valence-electron chi connectivity index (χ1n) is 2.96. The highest BCUT2D eigenvalue weighted by Gasteiger charge is 1.95. The number of rotatable bonds is 1. The van der Waals surface area contributed by atoms with Crippen LogP contribution in [-0.4, -0.2) is 6.03 Å². The van der Waals surface area contributed by atoms with Crippen LogP contribution in [-0.2, 0) is 0 Å². The predicted octanol–water partition coefficient (Wildman–Crippen LogP) is 1.64. The number of carbonyl (C=O) groups excluding carboxylic acids is 1. The summed E-state index contributed by atoms with van der Waals surface area (Å²) in [6.45, 7) is 0. The number of carbonyl (C=O) groups is 1. The van der Waals surface area contributed by atoms with Crippen molar-refractivity contribution in [3.05, 3.63) is 30.1 Å². The van der Waals surface area contributed by atoms with E-state index in [1.807, 2.05) is 0 Å². The molecule has 0 saturated heterocycles. The Labute approximate surface area is 63.0 Å². The Bertz CT molecular complexity index is 258. The average Bonchev–Trinajstić information content (AvgIpc) is 1.93. The normalized spacial score (nSPS) is 9.18.